The summed E-state index contributed by atoms with van der Waals surface area (Å²) < 4.78 is 15.7. The molecule has 1 rings (SSSR count). The molecule has 0 spiro atoms. The predicted octanol–water partition coefficient (Wildman–Crippen LogP) is 1.47. The van der Waals surface area contributed by atoms with E-state index in [9.17, 15) is 14.4 Å². The van der Waals surface area contributed by atoms with Crippen LogP contribution in [0, 0.1) is 5.92 Å². The first kappa shape index (κ1) is 19.3. The van der Waals surface area contributed by atoms with Gasteiger partial charge in [-0.3, -0.25) is 10.1 Å². The maximum absolute atomic E-state index is 12.3. The van der Waals surface area contributed by atoms with E-state index in [-0.39, 0.29) is 11.5 Å². The van der Waals surface area contributed by atoms with Gasteiger partial charge in [-0.1, -0.05) is 13.8 Å². The van der Waals surface area contributed by atoms with Gasteiger partial charge in [-0.25, -0.2) is 9.59 Å². The first-order chi connectivity index (χ1) is 11.3. The first-order valence-corrected chi connectivity index (χ1v) is 7.42. The van der Waals surface area contributed by atoms with Crippen molar-refractivity contribution in [2.75, 3.05) is 13.7 Å². The Morgan fingerprint density at radius 2 is 1.88 bits per heavy atom. The van der Waals surface area contributed by atoms with Crippen molar-refractivity contribution >= 4 is 17.9 Å². The summed E-state index contributed by atoms with van der Waals surface area (Å²) in [4.78, 5) is 35.0. The van der Waals surface area contributed by atoms with Gasteiger partial charge in [-0.05, 0) is 31.0 Å². The zero-order chi connectivity index (χ0) is 18.3. The Kier molecular flexibility index (Phi) is 7.03. The van der Waals surface area contributed by atoms with E-state index in [1.807, 2.05) is 12.2 Å². The number of amides is 3. The van der Waals surface area contributed by atoms with Crippen molar-refractivity contribution in [1.82, 2.24) is 5.32 Å². The number of hydrogen-bond donors (Lipinski definition) is 2. The highest BCUT2D eigenvalue weighted by molar-refractivity contribution is 5.98. The monoisotopic (exact) mass is 338 g/mol. The fourth-order valence-corrected chi connectivity index (χ4v) is 1.94. The lowest BCUT2D eigenvalue weighted by atomic mass is 10.1. The lowest BCUT2D eigenvalue weighted by Gasteiger charge is -2.20. The summed E-state index contributed by atoms with van der Waals surface area (Å²) in [6.07, 6.45) is -1.15. The molecule has 24 heavy (non-hydrogen) atoms. The molecule has 3 N–H and O–H groups in total. The van der Waals surface area contributed by atoms with Crippen LogP contribution in [0.25, 0.3) is 0 Å². The molecular formula is C16H22N2O6. The molecule has 8 nitrogen and oxygen atoms in total. The van der Waals surface area contributed by atoms with Crippen molar-refractivity contribution in [3.05, 3.63) is 23.8 Å². The van der Waals surface area contributed by atoms with Gasteiger partial charge in [0.2, 0.25) is 0 Å². The molecule has 0 fully saturated rings. The van der Waals surface area contributed by atoms with Crippen LogP contribution < -0.4 is 20.5 Å². The third-order valence-corrected chi connectivity index (χ3v) is 3.04. The summed E-state index contributed by atoms with van der Waals surface area (Å²) in [5.41, 5.74) is 5.10. The molecule has 0 bridgehead atoms. The van der Waals surface area contributed by atoms with Crippen LogP contribution in [0.5, 0.6) is 11.5 Å². The second-order valence-electron chi connectivity index (χ2n) is 5.22. The van der Waals surface area contributed by atoms with Crippen LogP contribution in [0.2, 0.25) is 0 Å². The molecular weight excluding hydrogens is 316 g/mol. The lowest BCUT2D eigenvalue weighted by molar-refractivity contribution is -0.130. The van der Waals surface area contributed by atoms with Crippen LogP contribution in [0.1, 0.15) is 31.1 Å². The van der Waals surface area contributed by atoms with Gasteiger partial charge in [-0.2, -0.15) is 0 Å². The number of rotatable bonds is 7. The number of urea groups is 1. The Labute approximate surface area is 140 Å². The molecule has 0 aliphatic carbocycles. The van der Waals surface area contributed by atoms with Crippen molar-refractivity contribution in [2.24, 2.45) is 11.7 Å². The van der Waals surface area contributed by atoms with Crippen molar-refractivity contribution in [1.29, 1.82) is 0 Å². The Morgan fingerprint density at radius 3 is 2.38 bits per heavy atom. The molecule has 8 heteroatoms. The smallest absolute Gasteiger partial charge is 0.339 e. The molecule has 1 atom stereocenters. The second-order valence-corrected chi connectivity index (χ2v) is 5.22. The zero-order valence-electron chi connectivity index (χ0n) is 14.1. The van der Waals surface area contributed by atoms with Crippen molar-refractivity contribution in [3.63, 3.8) is 0 Å². The summed E-state index contributed by atoms with van der Waals surface area (Å²) in [6.45, 7) is 5.63. The largest absolute Gasteiger partial charge is 0.493 e. The van der Waals surface area contributed by atoms with Gasteiger partial charge in [0.25, 0.3) is 5.91 Å². The fraction of sp³-hybridized carbons (Fsp3) is 0.438. The summed E-state index contributed by atoms with van der Waals surface area (Å²) in [5, 5.41) is 1.91. The SMILES string of the molecule is CCOc1ccc(C(=O)O[C@H](C(=O)NC(N)=O)C(C)C)cc1OC. The molecule has 0 aliphatic rings. The molecule has 0 unspecified atom stereocenters. The molecule has 1 aromatic carbocycles. The highest BCUT2D eigenvalue weighted by Crippen LogP contribution is 2.28. The van der Waals surface area contributed by atoms with Crippen LogP contribution in [0.15, 0.2) is 18.2 Å². The quantitative estimate of drug-likeness (QED) is 0.727. The molecule has 3 amide bonds. The molecule has 0 saturated heterocycles. The third kappa shape index (κ3) is 5.15. The highest BCUT2D eigenvalue weighted by atomic mass is 16.5. The van der Waals surface area contributed by atoms with Gasteiger partial charge in [0.15, 0.2) is 17.6 Å². The van der Waals surface area contributed by atoms with E-state index in [1.54, 1.807) is 19.9 Å². The summed E-state index contributed by atoms with van der Waals surface area (Å²) in [7, 11) is 1.45. The van der Waals surface area contributed by atoms with E-state index in [2.05, 4.69) is 0 Å². The van der Waals surface area contributed by atoms with Crippen molar-refractivity contribution < 1.29 is 28.6 Å². The number of primary amides is 1. The van der Waals surface area contributed by atoms with E-state index in [1.165, 1.54) is 19.2 Å². The number of nitrogens with one attached hydrogen (secondary N) is 1. The maximum Gasteiger partial charge on any atom is 0.339 e. The number of ether oxygens (including phenoxy) is 3. The summed E-state index contributed by atoms with van der Waals surface area (Å²) in [6, 6.07) is 3.52. The molecule has 0 aromatic heterocycles. The van der Waals surface area contributed by atoms with E-state index in [0.717, 1.165) is 0 Å². The van der Waals surface area contributed by atoms with Crippen molar-refractivity contribution in [3.8, 4) is 11.5 Å². The van der Waals surface area contributed by atoms with E-state index >= 15 is 0 Å². The number of carbonyl (C=O) groups excluding carboxylic acids is 3. The van der Waals surface area contributed by atoms with E-state index < -0.39 is 24.0 Å². The van der Waals surface area contributed by atoms with E-state index in [4.69, 9.17) is 19.9 Å². The Hall–Kier alpha value is -2.77. The van der Waals surface area contributed by atoms with Gasteiger partial charge in [-0.15, -0.1) is 0 Å². The van der Waals surface area contributed by atoms with Crippen LogP contribution in [0.3, 0.4) is 0 Å². The van der Waals surface area contributed by atoms with Crippen molar-refractivity contribution in [2.45, 2.75) is 26.9 Å². The Balaban J connectivity index is 2.95. The molecule has 0 saturated carbocycles. The topological polar surface area (TPSA) is 117 Å². The minimum atomic E-state index is -1.15. The molecule has 0 aliphatic heterocycles. The number of imide groups is 1. The van der Waals surface area contributed by atoms with Gasteiger partial charge in [0.1, 0.15) is 0 Å². The fourth-order valence-electron chi connectivity index (χ4n) is 1.94. The summed E-state index contributed by atoms with van der Waals surface area (Å²) in [5.74, 6) is -0.992. The maximum atomic E-state index is 12.3. The number of esters is 1. The van der Waals surface area contributed by atoms with Gasteiger partial charge in [0, 0.05) is 0 Å². The van der Waals surface area contributed by atoms with Crippen LogP contribution in [-0.2, 0) is 9.53 Å². The average molecular weight is 338 g/mol. The highest BCUT2D eigenvalue weighted by Gasteiger charge is 2.28. The summed E-state index contributed by atoms with van der Waals surface area (Å²) >= 11 is 0. The lowest BCUT2D eigenvalue weighted by Crippen LogP contribution is -2.45. The minimum absolute atomic E-state index is 0.188. The predicted molar refractivity (Wildman–Crippen MR) is 85.9 cm³/mol. The van der Waals surface area contributed by atoms with E-state index in [0.29, 0.717) is 18.1 Å². The minimum Gasteiger partial charge on any atom is -0.493 e. The van der Waals surface area contributed by atoms with Gasteiger partial charge < -0.3 is 19.9 Å². The zero-order valence-corrected chi connectivity index (χ0v) is 14.1. The van der Waals surface area contributed by atoms with Crippen LogP contribution in [-0.4, -0.2) is 37.7 Å². The molecule has 1 aromatic rings. The number of hydrogen-bond acceptors (Lipinski definition) is 6. The Morgan fingerprint density at radius 1 is 1.21 bits per heavy atom. The second kappa shape index (κ2) is 8.76. The average Bonchev–Trinajstić information content (AvgIpc) is 2.51. The Bertz CT molecular complexity index is 615. The normalized spacial score (nSPS) is 11.5. The molecule has 132 valence electrons. The number of nitrogens with two attached hydrogens (primary N) is 1. The molecule has 0 heterocycles. The number of methoxy groups -OCH3 is 1. The van der Waals surface area contributed by atoms with Crippen LogP contribution in [0.4, 0.5) is 4.79 Å². The third-order valence-electron chi connectivity index (χ3n) is 3.04. The first-order valence-electron chi connectivity index (χ1n) is 7.42. The van der Waals surface area contributed by atoms with Crippen LogP contribution >= 0.6 is 0 Å². The number of benzene rings is 1. The number of carbonyl (C=O) groups is 3. The van der Waals surface area contributed by atoms with Gasteiger partial charge in [0.05, 0.1) is 19.3 Å². The standard InChI is InChI=1S/C16H22N2O6/c1-5-23-11-7-6-10(8-12(11)22-4)15(20)24-13(9(2)3)14(19)18-16(17)21/h6-9,13H,5H2,1-4H3,(H3,17,18,19,21)/t13-/m0/s1. The van der Waals surface area contributed by atoms with Gasteiger partial charge >= 0.3 is 12.0 Å². The molecule has 0 radical (unpaired) electrons.